The summed E-state index contributed by atoms with van der Waals surface area (Å²) in [6.07, 6.45) is 0. The number of nitro groups is 1. The monoisotopic (exact) mass is 269 g/mol. The van der Waals surface area contributed by atoms with E-state index >= 15 is 0 Å². The van der Waals surface area contributed by atoms with Gasteiger partial charge in [-0.1, -0.05) is 0 Å². The lowest BCUT2D eigenvalue weighted by Gasteiger charge is -2.18. The van der Waals surface area contributed by atoms with Gasteiger partial charge >= 0.3 is 5.69 Å². The van der Waals surface area contributed by atoms with Crippen molar-refractivity contribution < 1.29 is 10.0 Å². The molecular formula is C11H19N5O3. The number of nitrogens with zero attached hydrogens (tertiary/aromatic N) is 3. The number of aromatic nitrogens is 2. The predicted octanol–water partition coefficient (Wildman–Crippen LogP) is 1.31. The summed E-state index contributed by atoms with van der Waals surface area (Å²) >= 11 is 0. The molecule has 0 saturated carbocycles. The zero-order valence-electron chi connectivity index (χ0n) is 11.5. The van der Waals surface area contributed by atoms with E-state index in [9.17, 15) is 15.2 Å². The summed E-state index contributed by atoms with van der Waals surface area (Å²) in [6.45, 7) is 7.40. The molecule has 0 aliphatic carbocycles. The van der Waals surface area contributed by atoms with Crippen LogP contribution < -0.4 is 10.6 Å². The molecule has 0 aromatic carbocycles. The molecule has 0 bridgehead atoms. The lowest BCUT2D eigenvalue weighted by molar-refractivity contribution is -0.385. The van der Waals surface area contributed by atoms with Crippen LogP contribution in [0.5, 0.6) is 0 Å². The molecule has 8 nitrogen and oxygen atoms in total. The van der Waals surface area contributed by atoms with Crippen LogP contribution in [-0.2, 0) is 0 Å². The van der Waals surface area contributed by atoms with Gasteiger partial charge in [-0.25, -0.2) is 4.98 Å². The van der Waals surface area contributed by atoms with Gasteiger partial charge in [0.15, 0.2) is 0 Å². The third kappa shape index (κ3) is 4.32. The fraction of sp³-hybridized carbons (Fsp3) is 0.636. The summed E-state index contributed by atoms with van der Waals surface area (Å²) < 4.78 is 0. The molecule has 0 atom stereocenters. The SMILES string of the molecule is CCNc1nc(C)c([N+](=O)[O-])c(NCC(C)(C)O)n1. The van der Waals surface area contributed by atoms with Gasteiger partial charge in [0.2, 0.25) is 11.8 Å². The zero-order valence-corrected chi connectivity index (χ0v) is 11.5. The Labute approximate surface area is 111 Å². The summed E-state index contributed by atoms with van der Waals surface area (Å²) in [5, 5.41) is 26.4. The van der Waals surface area contributed by atoms with Gasteiger partial charge in [0, 0.05) is 13.1 Å². The van der Waals surface area contributed by atoms with E-state index in [2.05, 4.69) is 20.6 Å². The maximum Gasteiger partial charge on any atom is 0.332 e. The first-order chi connectivity index (χ1) is 8.74. The van der Waals surface area contributed by atoms with E-state index in [1.165, 1.54) is 0 Å². The van der Waals surface area contributed by atoms with Gasteiger partial charge in [0.05, 0.1) is 10.5 Å². The minimum atomic E-state index is -0.995. The number of anilines is 2. The van der Waals surface area contributed by atoms with E-state index in [1.54, 1.807) is 20.8 Å². The average molecular weight is 269 g/mol. The molecule has 0 aliphatic heterocycles. The Hall–Kier alpha value is -1.96. The number of nitrogens with one attached hydrogen (secondary N) is 2. The average Bonchev–Trinajstić information content (AvgIpc) is 2.24. The van der Waals surface area contributed by atoms with Crippen molar-refractivity contribution >= 4 is 17.5 Å². The van der Waals surface area contributed by atoms with Crippen LogP contribution in [0, 0.1) is 17.0 Å². The van der Waals surface area contributed by atoms with Gasteiger partial charge in [-0.05, 0) is 27.7 Å². The van der Waals surface area contributed by atoms with Crippen molar-refractivity contribution in [2.75, 3.05) is 23.7 Å². The second-order valence-corrected chi connectivity index (χ2v) is 4.78. The third-order valence-corrected chi connectivity index (χ3v) is 2.26. The van der Waals surface area contributed by atoms with Gasteiger partial charge in [-0.2, -0.15) is 4.98 Å². The van der Waals surface area contributed by atoms with E-state index in [0.717, 1.165) is 0 Å². The number of hydrogen-bond donors (Lipinski definition) is 3. The molecule has 8 heteroatoms. The molecular weight excluding hydrogens is 250 g/mol. The van der Waals surface area contributed by atoms with Gasteiger partial charge < -0.3 is 15.7 Å². The number of hydrogen-bond acceptors (Lipinski definition) is 7. The van der Waals surface area contributed by atoms with Crippen LogP contribution in [-0.4, -0.2) is 38.7 Å². The van der Waals surface area contributed by atoms with Crippen molar-refractivity contribution in [2.24, 2.45) is 0 Å². The fourth-order valence-electron chi connectivity index (χ4n) is 1.45. The van der Waals surface area contributed by atoms with Crippen molar-refractivity contribution in [3.8, 4) is 0 Å². The van der Waals surface area contributed by atoms with Crippen molar-refractivity contribution in [2.45, 2.75) is 33.3 Å². The second kappa shape index (κ2) is 5.79. The van der Waals surface area contributed by atoms with Crippen LogP contribution >= 0.6 is 0 Å². The highest BCUT2D eigenvalue weighted by atomic mass is 16.6. The van der Waals surface area contributed by atoms with Crippen molar-refractivity contribution in [3.05, 3.63) is 15.8 Å². The van der Waals surface area contributed by atoms with E-state index in [4.69, 9.17) is 0 Å². The van der Waals surface area contributed by atoms with Crippen molar-refractivity contribution in [3.63, 3.8) is 0 Å². The molecule has 0 unspecified atom stereocenters. The molecule has 0 amide bonds. The Balaban J connectivity index is 3.13. The molecule has 0 spiro atoms. The molecule has 0 radical (unpaired) electrons. The molecule has 1 rings (SSSR count). The lowest BCUT2D eigenvalue weighted by Crippen LogP contribution is -2.30. The normalized spacial score (nSPS) is 11.2. The molecule has 3 N–H and O–H groups in total. The molecule has 1 aromatic rings. The number of aliphatic hydroxyl groups is 1. The minimum Gasteiger partial charge on any atom is -0.389 e. The lowest BCUT2D eigenvalue weighted by atomic mass is 10.1. The number of rotatable bonds is 6. The zero-order chi connectivity index (χ0) is 14.6. The van der Waals surface area contributed by atoms with Crippen LogP contribution in [0.2, 0.25) is 0 Å². The first-order valence-corrected chi connectivity index (χ1v) is 5.97. The van der Waals surface area contributed by atoms with Crippen LogP contribution in [0.1, 0.15) is 26.5 Å². The summed E-state index contributed by atoms with van der Waals surface area (Å²) in [7, 11) is 0. The Bertz CT molecular complexity index is 470. The maximum atomic E-state index is 11.0. The summed E-state index contributed by atoms with van der Waals surface area (Å²) in [5.74, 6) is 0.430. The Morgan fingerprint density at radius 3 is 2.47 bits per heavy atom. The summed E-state index contributed by atoms with van der Waals surface area (Å²) in [6, 6.07) is 0. The molecule has 19 heavy (non-hydrogen) atoms. The van der Waals surface area contributed by atoms with E-state index in [-0.39, 0.29) is 23.7 Å². The molecule has 0 saturated heterocycles. The van der Waals surface area contributed by atoms with E-state index in [1.807, 2.05) is 6.92 Å². The highest BCUT2D eigenvalue weighted by molar-refractivity contribution is 5.60. The standard InChI is InChI=1S/C11H19N5O3/c1-5-12-10-14-7(2)8(16(18)19)9(15-10)13-6-11(3,4)17/h17H,5-6H2,1-4H3,(H2,12,13,14,15). The third-order valence-electron chi connectivity index (χ3n) is 2.26. The van der Waals surface area contributed by atoms with Crippen molar-refractivity contribution in [1.29, 1.82) is 0 Å². The van der Waals surface area contributed by atoms with Crippen molar-refractivity contribution in [1.82, 2.24) is 9.97 Å². The molecule has 106 valence electrons. The molecule has 0 aliphatic rings. The molecule has 1 heterocycles. The van der Waals surface area contributed by atoms with E-state index < -0.39 is 10.5 Å². The maximum absolute atomic E-state index is 11.0. The summed E-state index contributed by atoms with van der Waals surface area (Å²) in [5.41, 5.74) is -0.898. The highest BCUT2D eigenvalue weighted by Gasteiger charge is 2.23. The van der Waals surface area contributed by atoms with Gasteiger partial charge in [0.25, 0.3) is 0 Å². The minimum absolute atomic E-state index is 0.107. The molecule has 1 aromatic heterocycles. The molecule has 0 fully saturated rings. The topological polar surface area (TPSA) is 113 Å². The van der Waals surface area contributed by atoms with Crippen LogP contribution in [0.25, 0.3) is 0 Å². The van der Waals surface area contributed by atoms with Crippen LogP contribution in [0.3, 0.4) is 0 Å². The van der Waals surface area contributed by atoms with Gasteiger partial charge in [-0.15, -0.1) is 0 Å². The predicted molar refractivity (Wildman–Crippen MR) is 72.4 cm³/mol. The highest BCUT2D eigenvalue weighted by Crippen LogP contribution is 2.26. The fourth-order valence-corrected chi connectivity index (χ4v) is 1.45. The smallest absolute Gasteiger partial charge is 0.332 e. The largest absolute Gasteiger partial charge is 0.389 e. The quantitative estimate of drug-likeness (QED) is 0.527. The Morgan fingerprint density at radius 2 is 2.00 bits per heavy atom. The van der Waals surface area contributed by atoms with Crippen LogP contribution in [0.15, 0.2) is 0 Å². The first kappa shape index (κ1) is 15.1. The van der Waals surface area contributed by atoms with Gasteiger partial charge in [0.1, 0.15) is 5.69 Å². The Kier molecular flexibility index (Phi) is 4.60. The van der Waals surface area contributed by atoms with E-state index in [0.29, 0.717) is 12.5 Å². The number of aryl methyl sites for hydroxylation is 1. The first-order valence-electron chi connectivity index (χ1n) is 5.97. The van der Waals surface area contributed by atoms with Gasteiger partial charge in [-0.3, -0.25) is 10.1 Å². The van der Waals surface area contributed by atoms with Crippen LogP contribution in [0.4, 0.5) is 17.5 Å². The summed E-state index contributed by atoms with van der Waals surface area (Å²) in [4.78, 5) is 18.6. The Morgan fingerprint density at radius 1 is 1.37 bits per heavy atom. The second-order valence-electron chi connectivity index (χ2n) is 4.78.